The van der Waals surface area contributed by atoms with E-state index in [1.54, 1.807) is 6.33 Å². The standard InChI is InChI=1S/C21H25N7/c1-15-2-4-17(5-3-15)27-12-21(13-27,7-8-22)28-11-16(10-26-28)19-18-6-9-23-20(18)25-14-24-19/h6,9-11,14-15,17H,2-5,7,12-13H2,1H3,(H,23,24,25). The minimum absolute atomic E-state index is 0.222. The Bertz CT molecular complexity index is 1010. The maximum Gasteiger partial charge on any atom is 0.141 e. The van der Waals surface area contributed by atoms with Crippen LogP contribution in [0, 0.1) is 17.2 Å². The largest absolute Gasteiger partial charge is 0.346 e. The molecule has 0 unspecified atom stereocenters. The lowest BCUT2D eigenvalue weighted by atomic mass is 9.80. The van der Waals surface area contributed by atoms with Gasteiger partial charge in [0, 0.05) is 42.5 Å². The van der Waals surface area contributed by atoms with Crippen LogP contribution >= 0.6 is 0 Å². The number of nitriles is 1. The van der Waals surface area contributed by atoms with E-state index >= 15 is 0 Å². The summed E-state index contributed by atoms with van der Waals surface area (Å²) in [6.07, 6.45) is 13.0. The van der Waals surface area contributed by atoms with Crippen LogP contribution in [0.4, 0.5) is 0 Å². The zero-order valence-corrected chi connectivity index (χ0v) is 16.2. The van der Waals surface area contributed by atoms with Crippen LogP contribution in [0.15, 0.2) is 31.0 Å². The van der Waals surface area contributed by atoms with E-state index in [0.29, 0.717) is 12.5 Å². The van der Waals surface area contributed by atoms with Crippen LogP contribution in [0.5, 0.6) is 0 Å². The first-order valence-electron chi connectivity index (χ1n) is 10.1. The summed E-state index contributed by atoms with van der Waals surface area (Å²) in [5.74, 6) is 0.855. The molecule has 0 amide bonds. The summed E-state index contributed by atoms with van der Waals surface area (Å²) in [6.45, 7) is 4.17. The summed E-state index contributed by atoms with van der Waals surface area (Å²) in [6, 6.07) is 5.05. The third kappa shape index (κ3) is 2.80. The van der Waals surface area contributed by atoms with Crippen molar-refractivity contribution in [2.24, 2.45) is 5.92 Å². The molecule has 28 heavy (non-hydrogen) atoms. The molecule has 5 rings (SSSR count). The van der Waals surface area contributed by atoms with E-state index in [4.69, 9.17) is 0 Å². The summed E-state index contributed by atoms with van der Waals surface area (Å²) < 4.78 is 2.01. The lowest BCUT2D eigenvalue weighted by molar-refractivity contribution is -0.0389. The molecule has 0 radical (unpaired) electrons. The second kappa shape index (κ2) is 6.71. The molecule has 1 saturated heterocycles. The van der Waals surface area contributed by atoms with Gasteiger partial charge in [-0.05, 0) is 37.7 Å². The van der Waals surface area contributed by atoms with Gasteiger partial charge in [-0.1, -0.05) is 6.92 Å². The molecule has 7 heteroatoms. The highest BCUT2D eigenvalue weighted by molar-refractivity contribution is 5.89. The summed E-state index contributed by atoms with van der Waals surface area (Å²) in [5.41, 5.74) is 2.45. The van der Waals surface area contributed by atoms with Crippen molar-refractivity contribution in [2.45, 2.75) is 50.6 Å². The van der Waals surface area contributed by atoms with Gasteiger partial charge in [0.25, 0.3) is 0 Å². The SMILES string of the molecule is CC1CCC(N2CC(CC#N)(n3cc(-c4ncnc5[nH]ccc45)cn3)C2)CC1. The van der Waals surface area contributed by atoms with E-state index in [9.17, 15) is 5.26 Å². The van der Waals surface area contributed by atoms with Crippen molar-refractivity contribution in [3.63, 3.8) is 0 Å². The molecule has 0 bridgehead atoms. The van der Waals surface area contributed by atoms with Crippen LogP contribution in [0.25, 0.3) is 22.3 Å². The van der Waals surface area contributed by atoms with Gasteiger partial charge in [0.2, 0.25) is 0 Å². The smallest absolute Gasteiger partial charge is 0.141 e. The minimum atomic E-state index is -0.222. The van der Waals surface area contributed by atoms with Gasteiger partial charge in [-0.25, -0.2) is 9.97 Å². The molecule has 0 aromatic carbocycles. The Labute approximate surface area is 164 Å². The fourth-order valence-electron chi connectivity index (χ4n) is 4.87. The highest BCUT2D eigenvalue weighted by Gasteiger charge is 2.48. The lowest BCUT2D eigenvalue weighted by Gasteiger charge is -2.53. The third-order valence-corrected chi connectivity index (χ3v) is 6.60. The number of likely N-dealkylation sites (tertiary alicyclic amines) is 1. The molecule has 1 N–H and O–H groups in total. The van der Waals surface area contributed by atoms with Gasteiger partial charge in [0.05, 0.1) is 24.4 Å². The molecule has 144 valence electrons. The fourth-order valence-corrected chi connectivity index (χ4v) is 4.87. The Morgan fingerprint density at radius 3 is 2.86 bits per heavy atom. The third-order valence-electron chi connectivity index (χ3n) is 6.60. The number of hydrogen-bond acceptors (Lipinski definition) is 5. The average Bonchev–Trinajstić information content (AvgIpc) is 3.34. The number of aromatic amines is 1. The van der Waals surface area contributed by atoms with Crippen molar-refractivity contribution in [2.75, 3.05) is 13.1 Å². The molecule has 3 aromatic rings. The van der Waals surface area contributed by atoms with Gasteiger partial charge in [0.1, 0.15) is 17.5 Å². The van der Waals surface area contributed by atoms with Crippen molar-refractivity contribution >= 4 is 11.0 Å². The second-order valence-corrected chi connectivity index (χ2v) is 8.51. The van der Waals surface area contributed by atoms with Crippen LogP contribution in [0.1, 0.15) is 39.0 Å². The molecule has 4 heterocycles. The normalized spacial score (nSPS) is 24.7. The van der Waals surface area contributed by atoms with Crippen LogP contribution in [-0.2, 0) is 5.54 Å². The van der Waals surface area contributed by atoms with Gasteiger partial charge in [-0.3, -0.25) is 9.58 Å². The number of fused-ring (bicyclic) bond motifs is 1. The van der Waals surface area contributed by atoms with E-state index in [1.807, 2.05) is 29.3 Å². The Kier molecular flexibility index (Phi) is 4.17. The minimum Gasteiger partial charge on any atom is -0.346 e. The van der Waals surface area contributed by atoms with Crippen LogP contribution in [0.3, 0.4) is 0 Å². The number of aromatic nitrogens is 5. The Morgan fingerprint density at radius 1 is 1.25 bits per heavy atom. The van der Waals surface area contributed by atoms with E-state index < -0.39 is 0 Å². The second-order valence-electron chi connectivity index (χ2n) is 8.51. The van der Waals surface area contributed by atoms with Gasteiger partial charge in [0.15, 0.2) is 0 Å². The number of nitrogens with zero attached hydrogens (tertiary/aromatic N) is 6. The molecule has 3 aromatic heterocycles. The predicted molar refractivity (Wildman–Crippen MR) is 106 cm³/mol. The molecule has 1 aliphatic heterocycles. The van der Waals surface area contributed by atoms with Gasteiger partial charge >= 0.3 is 0 Å². The monoisotopic (exact) mass is 375 g/mol. The highest BCUT2D eigenvalue weighted by Crippen LogP contribution is 2.39. The van der Waals surface area contributed by atoms with Crippen molar-refractivity contribution in [3.05, 3.63) is 31.0 Å². The zero-order chi connectivity index (χ0) is 19.1. The van der Waals surface area contributed by atoms with Gasteiger partial charge in [-0.15, -0.1) is 0 Å². The van der Waals surface area contributed by atoms with E-state index in [0.717, 1.165) is 41.3 Å². The number of hydrogen-bond donors (Lipinski definition) is 1. The Balaban J connectivity index is 1.39. The molecular formula is C21H25N7. The van der Waals surface area contributed by atoms with Crippen LogP contribution in [-0.4, -0.2) is 48.8 Å². The van der Waals surface area contributed by atoms with Crippen molar-refractivity contribution < 1.29 is 0 Å². The van der Waals surface area contributed by atoms with Crippen molar-refractivity contribution in [3.8, 4) is 17.3 Å². The predicted octanol–water partition coefficient (Wildman–Crippen LogP) is 3.32. The maximum atomic E-state index is 9.46. The molecule has 2 fully saturated rings. The van der Waals surface area contributed by atoms with Crippen LogP contribution in [0.2, 0.25) is 0 Å². The molecule has 7 nitrogen and oxygen atoms in total. The summed E-state index contributed by atoms with van der Waals surface area (Å²) in [4.78, 5) is 14.4. The molecular weight excluding hydrogens is 350 g/mol. The van der Waals surface area contributed by atoms with Gasteiger partial charge in [-0.2, -0.15) is 10.4 Å². The molecule has 0 atom stereocenters. The zero-order valence-electron chi connectivity index (χ0n) is 16.2. The number of nitrogens with one attached hydrogen (secondary N) is 1. The van der Waals surface area contributed by atoms with Crippen molar-refractivity contribution in [1.29, 1.82) is 5.26 Å². The first-order valence-corrected chi connectivity index (χ1v) is 10.1. The van der Waals surface area contributed by atoms with Gasteiger partial charge < -0.3 is 4.98 Å². The Hall–Kier alpha value is -2.72. The van der Waals surface area contributed by atoms with Crippen LogP contribution < -0.4 is 0 Å². The van der Waals surface area contributed by atoms with E-state index in [-0.39, 0.29) is 5.54 Å². The fraction of sp³-hybridized carbons (Fsp3) is 0.524. The summed E-state index contributed by atoms with van der Waals surface area (Å²) >= 11 is 0. The summed E-state index contributed by atoms with van der Waals surface area (Å²) in [5, 5.41) is 15.1. The lowest BCUT2D eigenvalue weighted by Crippen LogP contribution is -2.65. The number of H-pyrrole nitrogens is 1. The molecule has 1 aliphatic carbocycles. The van der Waals surface area contributed by atoms with Crippen molar-refractivity contribution in [1.82, 2.24) is 29.6 Å². The maximum absolute atomic E-state index is 9.46. The van der Waals surface area contributed by atoms with E-state index in [1.165, 1.54) is 25.7 Å². The first-order chi connectivity index (χ1) is 13.7. The first kappa shape index (κ1) is 17.4. The summed E-state index contributed by atoms with van der Waals surface area (Å²) in [7, 11) is 0. The molecule has 2 aliphatic rings. The Morgan fingerprint density at radius 2 is 2.07 bits per heavy atom. The quantitative estimate of drug-likeness (QED) is 0.756. The number of rotatable bonds is 4. The highest BCUT2D eigenvalue weighted by atomic mass is 15.4. The molecule has 0 spiro atoms. The molecule has 1 saturated carbocycles. The van der Waals surface area contributed by atoms with E-state index in [2.05, 4.69) is 37.9 Å². The topological polar surface area (TPSA) is 86.4 Å². The average molecular weight is 375 g/mol.